The summed E-state index contributed by atoms with van der Waals surface area (Å²) in [6.45, 7) is 3.79. The average Bonchev–Trinajstić information content (AvgIpc) is 2.75. The zero-order valence-electron chi connectivity index (χ0n) is 17.1. The van der Waals surface area contributed by atoms with Crippen LogP contribution >= 0.6 is 0 Å². The topological polar surface area (TPSA) is 92.3 Å². The van der Waals surface area contributed by atoms with Gasteiger partial charge in [0.15, 0.2) is 0 Å². The van der Waals surface area contributed by atoms with Gasteiger partial charge in [-0.3, -0.25) is 4.79 Å². The molecule has 1 N–H and O–H groups in total. The summed E-state index contributed by atoms with van der Waals surface area (Å²) in [5, 5.41) is 2.90. The fourth-order valence-corrected chi connectivity index (χ4v) is 3.96. The van der Waals surface area contributed by atoms with Gasteiger partial charge in [0.2, 0.25) is 10.0 Å². The Morgan fingerprint density at radius 1 is 1.03 bits per heavy atom. The molecule has 0 aliphatic heterocycles. The number of aryl methyl sites for hydroxylation is 1. The van der Waals surface area contributed by atoms with Crippen molar-refractivity contribution in [3.05, 3.63) is 89.5 Å². The molecule has 1 atom stereocenters. The molecule has 0 fully saturated rings. The second-order valence-corrected chi connectivity index (χ2v) is 9.11. The number of nitrogens with one attached hydrogen (secondary N) is 1. The molecule has 0 aliphatic carbocycles. The standard InChI is InChI=1S/C22H24N4O3S/c1-16-9-11-20(12-10-16)30(28,29)26(3)15-21-23-13-19(14-24-21)22(27)25-17(2)18-7-5-4-6-8-18/h4-14,17H,15H2,1-3H3,(H,25,27)/t17-/m0/s1. The minimum atomic E-state index is -3.65. The van der Waals surface area contributed by atoms with Crippen molar-refractivity contribution >= 4 is 15.9 Å². The minimum absolute atomic E-state index is 0.00146. The van der Waals surface area contributed by atoms with Crippen molar-refractivity contribution in [3.8, 4) is 0 Å². The van der Waals surface area contributed by atoms with Crippen molar-refractivity contribution in [1.29, 1.82) is 0 Å². The number of rotatable bonds is 7. The molecule has 0 aliphatic rings. The van der Waals surface area contributed by atoms with Gasteiger partial charge >= 0.3 is 0 Å². The highest BCUT2D eigenvalue weighted by molar-refractivity contribution is 7.89. The van der Waals surface area contributed by atoms with Crippen molar-refractivity contribution in [2.45, 2.75) is 31.3 Å². The summed E-state index contributed by atoms with van der Waals surface area (Å²) < 4.78 is 26.6. The molecule has 1 heterocycles. The van der Waals surface area contributed by atoms with Crippen molar-refractivity contribution in [3.63, 3.8) is 0 Å². The summed E-state index contributed by atoms with van der Waals surface area (Å²) in [5.41, 5.74) is 2.28. The lowest BCUT2D eigenvalue weighted by Gasteiger charge is -2.17. The molecule has 2 aromatic carbocycles. The van der Waals surface area contributed by atoms with Gasteiger partial charge in [0.25, 0.3) is 5.91 Å². The van der Waals surface area contributed by atoms with Crippen LogP contribution in [0.4, 0.5) is 0 Å². The summed E-state index contributed by atoms with van der Waals surface area (Å²) in [6, 6.07) is 16.1. The van der Waals surface area contributed by atoms with E-state index in [0.29, 0.717) is 11.4 Å². The summed E-state index contributed by atoms with van der Waals surface area (Å²) >= 11 is 0. The van der Waals surface area contributed by atoms with E-state index >= 15 is 0 Å². The monoisotopic (exact) mass is 424 g/mol. The third kappa shape index (κ3) is 5.08. The van der Waals surface area contributed by atoms with Crippen LogP contribution in [0.1, 0.15) is 40.3 Å². The average molecular weight is 425 g/mol. The van der Waals surface area contributed by atoms with Gasteiger partial charge in [-0.25, -0.2) is 18.4 Å². The van der Waals surface area contributed by atoms with E-state index in [9.17, 15) is 13.2 Å². The molecule has 30 heavy (non-hydrogen) atoms. The normalized spacial score (nSPS) is 12.5. The third-order valence-corrected chi connectivity index (χ3v) is 6.53. The number of aromatic nitrogens is 2. The highest BCUT2D eigenvalue weighted by atomic mass is 32.2. The van der Waals surface area contributed by atoms with Crippen molar-refractivity contribution in [1.82, 2.24) is 19.6 Å². The van der Waals surface area contributed by atoms with Crippen LogP contribution in [0.15, 0.2) is 71.9 Å². The predicted octanol–water partition coefficient (Wildman–Crippen LogP) is 3.10. The summed E-state index contributed by atoms with van der Waals surface area (Å²) in [5.74, 6) is 0.0133. The summed E-state index contributed by atoms with van der Waals surface area (Å²) in [7, 11) is -2.18. The Hall–Kier alpha value is -3.10. The van der Waals surface area contributed by atoms with Crippen LogP contribution in [-0.4, -0.2) is 35.6 Å². The van der Waals surface area contributed by atoms with Crippen LogP contribution in [0.3, 0.4) is 0 Å². The van der Waals surface area contributed by atoms with Gasteiger partial charge < -0.3 is 5.32 Å². The van der Waals surface area contributed by atoms with Crippen molar-refractivity contribution < 1.29 is 13.2 Å². The van der Waals surface area contributed by atoms with Gasteiger partial charge in [0, 0.05) is 19.4 Å². The maximum atomic E-state index is 12.7. The second kappa shape index (κ2) is 9.15. The zero-order chi connectivity index (χ0) is 21.7. The Kier molecular flexibility index (Phi) is 6.59. The van der Waals surface area contributed by atoms with Crippen LogP contribution in [0, 0.1) is 6.92 Å². The number of carbonyl (C=O) groups excluding carboxylic acids is 1. The van der Waals surface area contributed by atoms with Crippen LogP contribution in [0.2, 0.25) is 0 Å². The van der Waals surface area contributed by atoms with E-state index in [0.717, 1.165) is 11.1 Å². The molecule has 1 amide bonds. The van der Waals surface area contributed by atoms with E-state index in [2.05, 4.69) is 15.3 Å². The van der Waals surface area contributed by atoms with E-state index in [1.807, 2.05) is 44.2 Å². The molecule has 0 saturated carbocycles. The molecule has 0 spiro atoms. The lowest BCUT2D eigenvalue weighted by atomic mass is 10.1. The molecular formula is C22H24N4O3S. The van der Waals surface area contributed by atoms with Gasteiger partial charge in [-0.1, -0.05) is 48.0 Å². The molecule has 0 saturated heterocycles. The third-order valence-electron chi connectivity index (χ3n) is 4.71. The lowest BCUT2D eigenvalue weighted by molar-refractivity contribution is 0.0939. The van der Waals surface area contributed by atoms with E-state index < -0.39 is 10.0 Å². The lowest BCUT2D eigenvalue weighted by Crippen LogP contribution is -2.28. The van der Waals surface area contributed by atoms with Gasteiger partial charge in [-0.15, -0.1) is 0 Å². The maximum Gasteiger partial charge on any atom is 0.254 e. The molecule has 0 unspecified atom stereocenters. The minimum Gasteiger partial charge on any atom is -0.345 e. The first kappa shape index (κ1) is 21.6. The molecule has 0 bridgehead atoms. The molecule has 8 heteroatoms. The molecule has 1 aromatic heterocycles. The fourth-order valence-electron chi connectivity index (χ4n) is 2.83. The number of hydrogen-bond acceptors (Lipinski definition) is 5. The first-order valence-corrected chi connectivity index (χ1v) is 10.9. The highest BCUT2D eigenvalue weighted by Gasteiger charge is 2.22. The molecule has 3 aromatic rings. The molecule has 7 nitrogen and oxygen atoms in total. The Morgan fingerprint density at radius 2 is 1.63 bits per heavy atom. The van der Waals surface area contributed by atoms with Crippen LogP contribution < -0.4 is 5.32 Å². The van der Waals surface area contributed by atoms with E-state index in [4.69, 9.17) is 0 Å². The highest BCUT2D eigenvalue weighted by Crippen LogP contribution is 2.17. The molecule has 0 radical (unpaired) electrons. The molecule has 156 valence electrons. The summed E-state index contributed by atoms with van der Waals surface area (Å²) in [6.07, 6.45) is 2.81. The zero-order valence-corrected chi connectivity index (χ0v) is 17.9. The van der Waals surface area contributed by atoms with Gasteiger partial charge in [0.05, 0.1) is 23.0 Å². The Balaban J connectivity index is 1.65. The number of benzene rings is 2. The summed E-state index contributed by atoms with van der Waals surface area (Å²) in [4.78, 5) is 21.0. The number of carbonyl (C=O) groups is 1. The fraction of sp³-hybridized carbons (Fsp3) is 0.227. The van der Waals surface area contributed by atoms with Gasteiger partial charge in [0.1, 0.15) is 5.82 Å². The first-order valence-electron chi connectivity index (χ1n) is 9.47. The number of nitrogens with zero attached hydrogens (tertiary/aromatic N) is 3. The van der Waals surface area contributed by atoms with Crippen molar-refractivity contribution in [2.24, 2.45) is 0 Å². The Bertz CT molecular complexity index is 1100. The smallest absolute Gasteiger partial charge is 0.254 e. The molecule has 3 rings (SSSR count). The first-order chi connectivity index (χ1) is 14.3. The van der Waals surface area contributed by atoms with Gasteiger partial charge in [-0.2, -0.15) is 4.31 Å². The van der Waals surface area contributed by atoms with E-state index in [-0.39, 0.29) is 23.4 Å². The Labute approximate surface area is 176 Å². The Morgan fingerprint density at radius 3 is 2.23 bits per heavy atom. The maximum absolute atomic E-state index is 12.7. The SMILES string of the molecule is Cc1ccc(S(=O)(=O)N(C)Cc2ncc(C(=O)N[C@@H](C)c3ccccc3)cn2)cc1. The van der Waals surface area contributed by atoms with Crippen LogP contribution in [0.5, 0.6) is 0 Å². The second-order valence-electron chi connectivity index (χ2n) is 7.07. The number of hydrogen-bond donors (Lipinski definition) is 1. The van der Waals surface area contributed by atoms with Gasteiger partial charge in [-0.05, 0) is 31.5 Å². The van der Waals surface area contributed by atoms with Crippen LogP contribution in [0.25, 0.3) is 0 Å². The van der Waals surface area contributed by atoms with E-state index in [1.165, 1.54) is 23.7 Å². The van der Waals surface area contributed by atoms with Crippen LogP contribution in [-0.2, 0) is 16.6 Å². The quantitative estimate of drug-likeness (QED) is 0.629. The van der Waals surface area contributed by atoms with Crippen molar-refractivity contribution in [2.75, 3.05) is 7.05 Å². The number of sulfonamides is 1. The largest absolute Gasteiger partial charge is 0.345 e. The predicted molar refractivity (Wildman–Crippen MR) is 114 cm³/mol. The van der Waals surface area contributed by atoms with E-state index in [1.54, 1.807) is 24.3 Å². The molecular weight excluding hydrogens is 400 g/mol. The number of amides is 1.